The SMILES string of the molecule is C=C(C)C(=O)OCCC[SiH](C(C)C)C(OC)OC. The van der Waals surface area contributed by atoms with Crippen LogP contribution in [0.3, 0.4) is 0 Å². The smallest absolute Gasteiger partial charge is 0.333 e. The van der Waals surface area contributed by atoms with E-state index in [0.29, 0.717) is 17.7 Å². The monoisotopic (exact) mass is 274 g/mol. The Morgan fingerprint density at radius 3 is 2.22 bits per heavy atom. The fraction of sp³-hybridized carbons (Fsp3) is 0.769. The molecule has 0 bridgehead atoms. The van der Waals surface area contributed by atoms with Gasteiger partial charge >= 0.3 is 5.97 Å². The predicted molar refractivity (Wildman–Crippen MR) is 75.3 cm³/mol. The first-order valence-corrected chi connectivity index (χ1v) is 8.47. The molecule has 1 unspecified atom stereocenters. The summed E-state index contributed by atoms with van der Waals surface area (Å²) in [5.41, 5.74) is 1.03. The molecular formula is C13H26O4Si. The van der Waals surface area contributed by atoms with E-state index in [0.717, 1.165) is 12.5 Å². The quantitative estimate of drug-likeness (QED) is 0.213. The van der Waals surface area contributed by atoms with E-state index in [-0.39, 0.29) is 11.9 Å². The van der Waals surface area contributed by atoms with Gasteiger partial charge in [0.2, 0.25) is 0 Å². The number of carbonyl (C=O) groups is 1. The molecule has 1 atom stereocenters. The van der Waals surface area contributed by atoms with Gasteiger partial charge in [-0.3, -0.25) is 0 Å². The van der Waals surface area contributed by atoms with Crippen LogP contribution in [0.4, 0.5) is 0 Å². The summed E-state index contributed by atoms with van der Waals surface area (Å²) < 4.78 is 15.8. The van der Waals surface area contributed by atoms with E-state index in [9.17, 15) is 4.79 Å². The van der Waals surface area contributed by atoms with Gasteiger partial charge in [-0.15, -0.1) is 0 Å². The van der Waals surface area contributed by atoms with E-state index >= 15 is 0 Å². The van der Waals surface area contributed by atoms with Crippen LogP contribution in [-0.4, -0.2) is 41.5 Å². The van der Waals surface area contributed by atoms with Crippen molar-refractivity contribution in [1.29, 1.82) is 0 Å². The van der Waals surface area contributed by atoms with Gasteiger partial charge < -0.3 is 14.2 Å². The zero-order valence-electron chi connectivity index (χ0n) is 12.2. The highest BCUT2D eigenvalue weighted by Gasteiger charge is 2.25. The van der Waals surface area contributed by atoms with Crippen molar-refractivity contribution in [3.05, 3.63) is 12.2 Å². The molecule has 0 aromatic carbocycles. The van der Waals surface area contributed by atoms with Crippen molar-refractivity contribution in [2.75, 3.05) is 20.8 Å². The van der Waals surface area contributed by atoms with Crippen molar-refractivity contribution in [2.45, 2.75) is 44.7 Å². The summed E-state index contributed by atoms with van der Waals surface area (Å²) in [7, 11) is 2.19. The summed E-state index contributed by atoms with van der Waals surface area (Å²) >= 11 is 0. The Morgan fingerprint density at radius 2 is 1.83 bits per heavy atom. The summed E-state index contributed by atoms with van der Waals surface area (Å²) in [6.45, 7) is 10.0. The molecule has 0 aliphatic rings. The number of hydrogen-bond acceptors (Lipinski definition) is 4. The lowest BCUT2D eigenvalue weighted by Crippen LogP contribution is -2.36. The number of ether oxygens (including phenoxy) is 3. The van der Waals surface area contributed by atoms with Gasteiger partial charge in [-0.25, -0.2) is 4.79 Å². The number of methoxy groups -OCH3 is 2. The Kier molecular flexibility index (Phi) is 8.96. The highest BCUT2D eigenvalue weighted by Crippen LogP contribution is 2.19. The largest absolute Gasteiger partial charge is 0.462 e. The molecule has 0 aromatic rings. The van der Waals surface area contributed by atoms with Gasteiger partial charge in [0.15, 0.2) is 0 Å². The van der Waals surface area contributed by atoms with Crippen LogP contribution in [-0.2, 0) is 19.0 Å². The first-order chi connectivity index (χ1) is 8.43. The highest BCUT2D eigenvalue weighted by atomic mass is 28.3. The Labute approximate surface area is 112 Å². The van der Waals surface area contributed by atoms with Crippen molar-refractivity contribution in [2.24, 2.45) is 0 Å². The van der Waals surface area contributed by atoms with E-state index in [1.165, 1.54) is 0 Å². The summed E-state index contributed by atoms with van der Waals surface area (Å²) in [5, 5.41) is 0. The Hall–Kier alpha value is -0.653. The van der Waals surface area contributed by atoms with Gasteiger partial charge in [0.1, 0.15) is 14.7 Å². The van der Waals surface area contributed by atoms with Gasteiger partial charge in [-0.1, -0.05) is 26.5 Å². The Morgan fingerprint density at radius 1 is 1.28 bits per heavy atom. The van der Waals surface area contributed by atoms with E-state index in [1.54, 1.807) is 21.1 Å². The van der Waals surface area contributed by atoms with Gasteiger partial charge in [0.05, 0.1) is 6.61 Å². The van der Waals surface area contributed by atoms with Crippen LogP contribution >= 0.6 is 0 Å². The van der Waals surface area contributed by atoms with E-state index in [1.807, 2.05) is 0 Å². The summed E-state index contributed by atoms with van der Waals surface area (Å²) in [6.07, 6.45) is 0.858. The molecule has 4 nitrogen and oxygen atoms in total. The van der Waals surface area contributed by atoms with Crippen LogP contribution in [0.25, 0.3) is 0 Å². The summed E-state index contributed by atoms with van der Waals surface area (Å²) in [4.78, 5) is 11.2. The van der Waals surface area contributed by atoms with Crippen LogP contribution in [0.15, 0.2) is 12.2 Å². The minimum atomic E-state index is -1.17. The molecule has 0 aromatic heterocycles. The molecule has 0 spiro atoms. The van der Waals surface area contributed by atoms with Gasteiger partial charge in [0.25, 0.3) is 0 Å². The molecule has 18 heavy (non-hydrogen) atoms. The van der Waals surface area contributed by atoms with Crippen molar-refractivity contribution in [3.8, 4) is 0 Å². The summed E-state index contributed by atoms with van der Waals surface area (Å²) in [5.74, 6) is -0.380. The van der Waals surface area contributed by atoms with Crippen molar-refractivity contribution in [1.82, 2.24) is 0 Å². The second kappa shape index (κ2) is 9.30. The van der Waals surface area contributed by atoms with Gasteiger partial charge in [-0.2, -0.15) is 0 Å². The van der Waals surface area contributed by atoms with Crippen LogP contribution in [0.5, 0.6) is 0 Å². The Bertz CT molecular complexity index is 262. The first-order valence-electron chi connectivity index (χ1n) is 6.32. The number of esters is 1. The zero-order chi connectivity index (χ0) is 14.1. The molecule has 0 aliphatic carbocycles. The van der Waals surface area contributed by atoms with Crippen molar-refractivity contribution < 1.29 is 19.0 Å². The van der Waals surface area contributed by atoms with Crippen LogP contribution in [0.1, 0.15) is 27.2 Å². The van der Waals surface area contributed by atoms with Gasteiger partial charge in [0, 0.05) is 19.8 Å². The molecule has 0 radical (unpaired) electrons. The molecule has 5 heteroatoms. The average Bonchev–Trinajstić information content (AvgIpc) is 2.32. The van der Waals surface area contributed by atoms with Crippen molar-refractivity contribution in [3.63, 3.8) is 0 Å². The molecule has 0 rings (SSSR count). The molecule has 0 heterocycles. The maximum absolute atomic E-state index is 11.2. The van der Waals surface area contributed by atoms with Crippen LogP contribution < -0.4 is 0 Å². The molecule has 0 fully saturated rings. The fourth-order valence-corrected chi connectivity index (χ4v) is 4.74. The van der Waals surface area contributed by atoms with Crippen molar-refractivity contribution >= 4 is 14.8 Å². The lowest BCUT2D eigenvalue weighted by molar-refractivity contribution is -0.138. The Balaban J connectivity index is 4.05. The molecule has 0 N–H and O–H groups in total. The minimum absolute atomic E-state index is 0.0677. The number of carbonyl (C=O) groups excluding carboxylic acids is 1. The predicted octanol–water partition coefficient (Wildman–Crippen LogP) is 2.29. The molecule has 0 saturated heterocycles. The van der Waals surface area contributed by atoms with E-state index in [4.69, 9.17) is 14.2 Å². The van der Waals surface area contributed by atoms with Crippen LogP contribution in [0.2, 0.25) is 11.6 Å². The normalized spacial score (nSPS) is 12.8. The lowest BCUT2D eigenvalue weighted by Gasteiger charge is -2.26. The first kappa shape index (κ1) is 17.3. The van der Waals surface area contributed by atoms with Gasteiger partial charge in [-0.05, 0) is 18.9 Å². The zero-order valence-corrected chi connectivity index (χ0v) is 13.3. The molecular weight excluding hydrogens is 248 g/mol. The van der Waals surface area contributed by atoms with E-state index < -0.39 is 8.80 Å². The number of hydrogen-bond donors (Lipinski definition) is 0. The molecule has 0 aliphatic heterocycles. The third kappa shape index (κ3) is 6.33. The fourth-order valence-electron chi connectivity index (χ4n) is 1.84. The molecule has 0 saturated carbocycles. The maximum atomic E-state index is 11.2. The summed E-state index contributed by atoms with van der Waals surface area (Å²) in [6, 6.07) is 1.04. The number of rotatable bonds is 9. The second-order valence-corrected chi connectivity index (χ2v) is 8.59. The topological polar surface area (TPSA) is 44.8 Å². The van der Waals surface area contributed by atoms with E-state index in [2.05, 4.69) is 20.4 Å². The average molecular weight is 274 g/mol. The highest BCUT2D eigenvalue weighted by molar-refractivity contribution is 6.61. The second-order valence-electron chi connectivity index (χ2n) is 4.81. The lowest BCUT2D eigenvalue weighted by atomic mass is 10.4. The van der Waals surface area contributed by atoms with Crippen LogP contribution in [0, 0.1) is 0 Å². The third-order valence-electron chi connectivity index (χ3n) is 2.93. The third-order valence-corrected chi connectivity index (χ3v) is 6.96. The standard InChI is InChI=1S/C13H26O4Si/c1-10(2)12(14)17-8-7-9-18(11(3)4)13(15-5)16-6/h11,13,18H,1,7-9H2,2-6H3. The maximum Gasteiger partial charge on any atom is 0.333 e. The molecule has 106 valence electrons. The minimum Gasteiger partial charge on any atom is -0.462 e. The molecule has 0 amide bonds.